The van der Waals surface area contributed by atoms with Crippen molar-refractivity contribution in [1.82, 2.24) is 15.5 Å². The molecule has 1 rings (SSSR count). The Hall–Kier alpha value is -1.36. The Bertz CT molecular complexity index is 308. The maximum absolute atomic E-state index is 12.0. The molecule has 16 heavy (non-hydrogen) atoms. The van der Waals surface area contributed by atoms with Crippen LogP contribution < -0.4 is 11.1 Å². The summed E-state index contributed by atoms with van der Waals surface area (Å²) < 4.78 is 0. The minimum absolute atomic E-state index is 0.0289. The number of amides is 1. The van der Waals surface area contributed by atoms with Crippen LogP contribution in [0.1, 0.15) is 32.3 Å². The number of aromatic amines is 1. The van der Waals surface area contributed by atoms with E-state index in [9.17, 15) is 4.79 Å². The van der Waals surface area contributed by atoms with E-state index in [0.717, 1.165) is 18.4 Å². The zero-order valence-electron chi connectivity index (χ0n) is 9.92. The van der Waals surface area contributed by atoms with E-state index in [1.165, 1.54) is 0 Å². The number of hydrogen-bond donors (Lipinski definition) is 3. The quantitative estimate of drug-likeness (QED) is 0.668. The highest BCUT2D eigenvalue weighted by atomic mass is 16.2. The smallest absolute Gasteiger partial charge is 0.227 e. The molecule has 1 heterocycles. The van der Waals surface area contributed by atoms with Gasteiger partial charge in [-0.1, -0.05) is 13.8 Å². The summed E-state index contributed by atoms with van der Waals surface area (Å²) >= 11 is 0. The van der Waals surface area contributed by atoms with Gasteiger partial charge >= 0.3 is 0 Å². The van der Waals surface area contributed by atoms with E-state index >= 15 is 0 Å². The molecule has 0 atom stereocenters. The Morgan fingerprint density at radius 3 is 2.69 bits per heavy atom. The highest BCUT2D eigenvalue weighted by molar-refractivity contribution is 5.82. The summed E-state index contributed by atoms with van der Waals surface area (Å²) in [6.45, 7) is 4.87. The molecule has 0 aliphatic carbocycles. The average molecular weight is 224 g/mol. The SMILES string of the molecule is CCC(CC)(CN)C(=O)NCc1cn[nH]c1. The predicted molar refractivity (Wildman–Crippen MR) is 62.5 cm³/mol. The zero-order chi connectivity index (χ0) is 12.0. The van der Waals surface area contributed by atoms with Gasteiger partial charge in [-0.3, -0.25) is 9.89 Å². The van der Waals surface area contributed by atoms with Crippen LogP contribution in [-0.4, -0.2) is 22.6 Å². The Balaban J connectivity index is 2.56. The van der Waals surface area contributed by atoms with Crippen LogP contribution in [0.3, 0.4) is 0 Å². The van der Waals surface area contributed by atoms with Crippen molar-refractivity contribution in [3.63, 3.8) is 0 Å². The van der Waals surface area contributed by atoms with Crippen LogP contribution in [0.2, 0.25) is 0 Å². The molecule has 4 N–H and O–H groups in total. The van der Waals surface area contributed by atoms with Gasteiger partial charge in [0.05, 0.1) is 11.6 Å². The van der Waals surface area contributed by atoms with Crippen molar-refractivity contribution in [3.05, 3.63) is 18.0 Å². The number of rotatable bonds is 6. The molecule has 0 unspecified atom stereocenters. The van der Waals surface area contributed by atoms with Crippen LogP contribution in [0, 0.1) is 5.41 Å². The molecule has 0 saturated heterocycles. The Morgan fingerprint density at radius 1 is 1.56 bits per heavy atom. The van der Waals surface area contributed by atoms with Gasteiger partial charge in [0, 0.05) is 24.8 Å². The topological polar surface area (TPSA) is 83.8 Å². The molecule has 0 fully saturated rings. The lowest BCUT2D eigenvalue weighted by atomic mass is 9.81. The van der Waals surface area contributed by atoms with Crippen LogP contribution in [0.4, 0.5) is 0 Å². The van der Waals surface area contributed by atoms with Crippen molar-refractivity contribution in [3.8, 4) is 0 Å². The van der Waals surface area contributed by atoms with Crippen LogP contribution in [0.15, 0.2) is 12.4 Å². The van der Waals surface area contributed by atoms with E-state index in [2.05, 4.69) is 15.5 Å². The first-order valence-corrected chi connectivity index (χ1v) is 5.64. The Morgan fingerprint density at radius 2 is 2.25 bits per heavy atom. The Kier molecular flexibility index (Phi) is 4.49. The fraction of sp³-hybridized carbons (Fsp3) is 0.636. The second kappa shape index (κ2) is 5.65. The third kappa shape index (κ3) is 2.61. The second-order valence-electron chi connectivity index (χ2n) is 3.98. The summed E-state index contributed by atoms with van der Waals surface area (Å²) in [5, 5.41) is 9.43. The third-order valence-corrected chi connectivity index (χ3v) is 3.23. The van der Waals surface area contributed by atoms with Gasteiger partial charge in [0.2, 0.25) is 5.91 Å². The number of H-pyrrole nitrogens is 1. The number of hydrogen-bond acceptors (Lipinski definition) is 3. The van der Waals surface area contributed by atoms with E-state index in [0.29, 0.717) is 13.1 Å². The Labute approximate surface area is 95.8 Å². The largest absolute Gasteiger partial charge is 0.351 e. The van der Waals surface area contributed by atoms with Crippen molar-refractivity contribution in [2.75, 3.05) is 6.54 Å². The molecule has 0 bridgehead atoms. The van der Waals surface area contributed by atoms with Gasteiger partial charge in [-0.15, -0.1) is 0 Å². The molecule has 90 valence electrons. The normalized spacial score (nSPS) is 11.4. The molecule has 0 aromatic carbocycles. The summed E-state index contributed by atoms with van der Waals surface area (Å²) in [4.78, 5) is 12.0. The average Bonchev–Trinajstić information content (AvgIpc) is 2.82. The van der Waals surface area contributed by atoms with Gasteiger partial charge in [-0.05, 0) is 12.8 Å². The summed E-state index contributed by atoms with van der Waals surface area (Å²) in [5.74, 6) is 0.0289. The fourth-order valence-corrected chi connectivity index (χ4v) is 1.70. The molecule has 0 spiro atoms. The minimum Gasteiger partial charge on any atom is -0.351 e. The summed E-state index contributed by atoms with van der Waals surface area (Å²) in [5.41, 5.74) is 6.24. The highest BCUT2D eigenvalue weighted by Gasteiger charge is 2.32. The number of carbonyl (C=O) groups is 1. The van der Waals surface area contributed by atoms with Gasteiger partial charge in [-0.2, -0.15) is 5.10 Å². The lowest BCUT2D eigenvalue weighted by Gasteiger charge is -2.28. The van der Waals surface area contributed by atoms with E-state index in [1.807, 2.05) is 13.8 Å². The molecular weight excluding hydrogens is 204 g/mol. The van der Waals surface area contributed by atoms with Crippen LogP contribution in [0.5, 0.6) is 0 Å². The first kappa shape index (κ1) is 12.7. The number of carbonyl (C=O) groups excluding carboxylic acids is 1. The lowest BCUT2D eigenvalue weighted by molar-refractivity contribution is -0.131. The first-order valence-electron chi connectivity index (χ1n) is 5.64. The van der Waals surface area contributed by atoms with Crippen LogP contribution in [-0.2, 0) is 11.3 Å². The fourth-order valence-electron chi connectivity index (χ4n) is 1.70. The number of aromatic nitrogens is 2. The molecule has 1 amide bonds. The van der Waals surface area contributed by atoms with Crippen molar-refractivity contribution in [2.24, 2.45) is 11.1 Å². The van der Waals surface area contributed by atoms with Gasteiger partial charge < -0.3 is 11.1 Å². The number of nitrogens with one attached hydrogen (secondary N) is 2. The predicted octanol–water partition coefficient (Wildman–Crippen LogP) is 0.791. The van der Waals surface area contributed by atoms with Gasteiger partial charge in [0.25, 0.3) is 0 Å². The maximum atomic E-state index is 12.0. The van der Waals surface area contributed by atoms with Crippen LogP contribution >= 0.6 is 0 Å². The third-order valence-electron chi connectivity index (χ3n) is 3.23. The van der Waals surface area contributed by atoms with Crippen molar-refractivity contribution in [1.29, 1.82) is 0 Å². The molecule has 5 heteroatoms. The maximum Gasteiger partial charge on any atom is 0.227 e. The molecule has 1 aromatic heterocycles. The molecule has 5 nitrogen and oxygen atoms in total. The van der Waals surface area contributed by atoms with Gasteiger partial charge in [0.1, 0.15) is 0 Å². The number of nitrogens with two attached hydrogens (primary N) is 1. The summed E-state index contributed by atoms with van der Waals surface area (Å²) in [7, 11) is 0. The van der Waals surface area contributed by atoms with Crippen LogP contribution in [0.25, 0.3) is 0 Å². The second-order valence-corrected chi connectivity index (χ2v) is 3.98. The molecule has 0 aliphatic rings. The van der Waals surface area contributed by atoms with Crippen molar-refractivity contribution in [2.45, 2.75) is 33.2 Å². The van der Waals surface area contributed by atoms with Crippen molar-refractivity contribution < 1.29 is 4.79 Å². The van der Waals surface area contributed by atoms with E-state index in [-0.39, 0.29) is 5.91 Å². The van der Waals surface area contributed by atoms with E-state index < -0.39 is 5.41 Å². The van der Waals surface area contributed by atoms with Gasteiger partial charge in [-0.25, -0.2) is 0 Å². The molecule has 0 saturated carbocycles. The molecular formula is C11H20N4O. The van der Waals surface area contributed by atoms with E-state index in [1.54, 1.807) is 12.4 Å². The molecule has 1 aromatic rings. The monoisotopic (exact) mass is 224 g/mol. The van der Waals surface area contributed by atoms with Crippen molar-refractivity contribution >= 4 is 5.91 Å². The summed E-state index contributed by atoms with van der Waals surface area (Å²) in [6, 6.07) is 0. The highest BCUT2D eigenvalue weighted by Crippen LogP contribution is 2.24. The minimum atomic E-state index is -0.427. The molecule has 0 aliphatic heterocycles. The molecule has 0 radical (unpaired) electrons. The first-order chi connectivity index (χ1) is 7.68. The zero-order valence-corrected chi connectivity index (χ0v) is 9.92. The van der Waals surface area contributed by atoms with E-state index in [4.69, 9.17) is 5.73 Å². The standard InChI is InChI=1S/C11H20N4O/c1-3-11(4-2,8-12)10(16)13-5-9-6-14-15-7-9/h6-7H,3-5,8,12H2,1-2H3,(H,13,16)(H,14,15). The van der Waals surface area contributed by atoms with Gasteiger partial charge in [0.15, 0.2) is 0 Å². The lowest BCUT2D eigenvalue weighted by Crippen LogP contribution is -2.44. The number of nitrogens with zero attached hydrogens (tertiary/aromatic N) is 1. The summed E-state index contributed by atoms with van der Waals surface area (Å²) in [6.07, 6.45) is 4.99.